The van der Waals surface area contributed by atoms with E-state index < -0.39 is 9.84 Å². The molecule has 0 radical (unpaired) electrons. The van der Waals surface area contributed by atoms with Crippen LogP contribution in [-0.4, -0.2) is 37.9 Å². The van der Waals surface area contributed by atoms with Crippen LogP contribution in [0.15, 0.2) is 24.3 Å². The SMILES string of the molecule is CN(Cc1sc2ccccc2c1Cl)[C@@H]1CCS(=O)(=O)C1. The standard InChI is InChI=1S/C14H16ClNO2S2/c1-16(10-6-7-20(17,18)9-10)8-13-14(15)11-4-2-3-5-12(11)19-13/h2-5,10H,6-9H2,1H3/t10-/m1/s1. The molecule has 0 N–H and O–H groups in total. The summed E-state index contributed by atoms with van der Waals surface area (Å²) < 4.78 is 24.3. The van der Waals surface area contributed by atoms with Crippen LogP contribution in [0.25, 0.3) is 10.1 Å². The Morgan fingerprint density at radius 1 is 1.40 bits per heavy atom. The highest BCUT2D eigenvalue weighted by atomic mass is 35.5. The van der Waals surface area contributed by atoms with Gasteiger partial charge in [0.05, 0.1) is 16.5 Å². The third-order valence-electron chi connectivity index (χ3n) is 3.83. The maximum Gasteiger partial charge on any atom is 0.151 e. The molecule has 0 unspecified atom stereocenters. The van der Waals surface area contributed by atoms with Gasteiger partial charge in [0, 0.05) is 27.5 Å². The molecule has 1 saturated heterocycles. The van der Waals surface area contributed by atoms with Crippen LogP contribution < -0.4 is 0 Å². The second-order valence-corrected chi connectivity index (χ2v) is 9.05. The van der Waals surface area contributed by atoms with Gasteiger partial charge in [-0.15, -0.1) is 11.3 Å². The molecule has 20 heavy (non-hydrogen) atoms. The van der Waals surface area contributed by atoms with Gasteiger partial charge in [-0.1, -0.05) is 29.8 Å². The van der Waals surface area contributed by atoms with Crippen molar-refractivity contribution in [1.29, 1.82) is 0 Å². The summed E-state index contributed by atoms with van der Waals surface area (Å²) >= 11 is 8.12. The Labute approximate surface area is 128 Å². The summed E-state index contributed by atoms with van der Waals surface area (Å²) in [6.07, 6.45) is 0.724. The Morgan fingerprint density at radius 2 is 2.15 bits per heavy atom. The van der Waals surface area contributed by atoms with E-state index in [1.165, 1.54) is 4.70 Å². The maximum absolute atomic E-state index is 11.6. The number of sulfone groups is 1. The van der Waals surface area contributed by atoms with Crippen LogP contribution in [0.5, 0.6) is 0 Å². The van der Waals surface area contributed by atoms with Crippen molar-refractivity contribution >= 4 is 42.9 Å². The molecule has 3 rings (SSSR count). The minimum absolute atomic E-state index is 0.112. The van der Waals surface area contributed by atoms with Gasteiger partial charge >= 0.3 is 0 Å². The summed E-state index contributed by atoms with van der Waals surface area (Å²) in [6.45, 7) is 0.707. The lowest BCUT2D eigenvalue weighted by molar-refractivity contribution is 0.256. The van der Waals surface area contributed by atoms with Crippen molar-refractivity contribution in [2.75, 3.05) is 18.6 Å². The lowest BCUT2D eigenvalue weighted by Gasteiger charge is -2.22. The third-order valence-corrected chi connectivity index (χ3v) is 7.28. The van der Waals surface area contributed by atoms with Gasteiger partial charge in [0.15, 0.2) is 9.84 Å². The van der Waals surface area contributed by atoms with Crippen molar-refractivity contribution in [2.45, 2.75) is 19.0 Å². The number of hydrogen-bond donors (Lipinski definition) is 0. The second-order valence-electron chi connectivity index (χ2n) is 5.31. The third kappa shape index (κ3) is 2.72. The summed E-state index contributed by atoms with van der Waals surface area (Å²) in [5, 5.41) is 1.89. The van der Waals surface area contributed by atoms with Gasteiger partial charge in [-0.25, -0.2) is 8.42 Å². The number of halogens is 1. The number of benzene rings is 1. The highest BCUT2D eigenvalue weighted by Crippen LogP contribution is 2.36. The van der Waals surface area contributed by atoms with E-state index in [1.807, 2.05) is 25.2 Å². The van der Waals surface area contributed by atoms with Gasteiger partial charge in [-0.2, -0.15) is 0 Å². The molecule has 1 aliphatic heterocycles. The molecule has 1 aromatic heterocycles. The molecule has 1 fully saturated rings. The molecule has 0 amide bonds. The molecule has 2 aromatic rings. The summed E-state index contributed by atoms with van der Waals surface area (Å²) in [7, 11) is -0.860. The Bertz CT molecular complexity index is 739. The summed E-state index contributed by atoms with van der Waals surface area (Å²) in [5.41, 5.74) is 0. The second kappa shape index (κ2) is 5.30. The lowest BCUT2D eigenvalue weighted by Crippen LogP contribution is -2.31. The van der Waals surface area contributed by atoms with E-state index in [-0.39, 0.29) is 11.8 Å². The minimum atomic E-state index is -2.84. The Morgan fingerprint density at radius 3 is 2.80 bits per heavy atom. The molecule has 1 atom stereocenters. The average molecular weight is 330 g/mol. The van der Waals surface area contributed by atoms with E-state index in [2.05, 4.69) is 11.0 Å². The van der Waals surface area contributed by atoms with Gasteiger partial charge < -0.3 is 0 Å². The molecular formula is C14H16ClNO2S2. The van der Waals surface area contributed by atoms with Crippen LogP contribution in [0.2, 0.25) is 5.02 Å². The molecule has 0 saturated carbocycles. The lowest BCUT2D eigenvalue weighted by atomic mass is 10.2. The average Bonchev–Trinajstić information content (AvgIpc) is 2.92. The van der Waals surface area contributed by atoms with Gasteiger partial charge in [0.1, 0.15) is 0 Å². The monoisotopic (exact) mass is 329 g/mol. The van der Waals surface area contributed by atoms with E-state index in [0.29, 0.717) is 12.3 Å². The zero-order valence-electron chi connectivity index (χ0n) is 11.2. The van der Waals surface area contributed by atoms with E-state index in [9.17, 15) is 8.42 Å². The van der Waals surface area contributed by atoms with Crippen molar-refractivity contribution in [3.63, 3.8) is 0 Å². The van der Waals surface area contributed by atoms with Crippen LogP contribution in [0, 0.1) is 0 Å². The number of hydrogen-bond acceptors (Lipinski definition) is 4. The molecule has 108 valence electrons. The smallest absolute Gasteiger partial charge is 0.151 e. The highest BCUT2D eigenvalue weighted by molar-refractivity contribution is 7.91. The molecule has 3 nitrogen and oxygen atoms in total. The van der Waals surface area contributed by atoms with Crippen molar-refractivity contribution < 1.29 is 8.42 Å². The molecular weight excluding hydrogens is 314 g/mol. The van der Waals surface area contributed by atoms with Crippen LogP contribution in [0.3, 0.4) is 0 Å². The number of rotatable bonds is 3. The van der Waals surface area contributed by atoms with Crippen molar-refractivity contribution in [1.82, 2.24) is 4.90 Å². The molecule has 6 heteroatoms. The summed E-state index contributed by atoms with van der Waals surface area (Å²) in [6, 6.07) is 8.19. The van der Waals surface area contributed by atoms with Crippen LogP contribution in [-0.2, 0) is 16.4 Å². The first-order valence-corrected chi connectivity index (χ1v) is 9.54. The molecule has 0 spiro atoms. The summed E-state index contributed by atoms with van der Waals surface area (Å²) in [4.78, 5) is 3.22. The maximum atomic E-state index is 11.6. The zero-order chi connectivity index (χ0) is 14.3. The number of nitrogens with zero attached hydrogens (tertiary/aromatic N) is 1. The van der Waals surface area contributed by atoms with Gasteiger partial charge in [-0.05, 0) is 19.5 Å². The van der Waals surface area contributed by atoms with Crippen LogP contribution in [0.1, 0.15) is 11.3 Å². The predicted molar refractivity (Wildman–Crippen MR) is 85.4 cm³/mol. The normalized spacial score (nSPS) is 21.9. The zero-order valence-corrected chi connectivity index (χ0v) is 13.6. The molecule has 0 bridgehead atoms. The van der Waals surface area contributed by atoms with Crippen molar-refractivity contribution in [3.05, 3.63) is 34.2 Å². The fourth-order valence-corrected chi connectivity index (χ4v) is 6.01. The first-order valence-electron chi connectivity index (χ1n) is 6.53. The molecule has 0 aliphatic carbocycles. The molecule has 1 aromatic carbocycles. The fraction of sp³-hybridized carbons (Fsp3) is 0.429. The van der Waals surface area contributed by atoms with Gasteiger partial charge in [-0.3, -0.25) is 4.90 Å². The Hall–Kier alpha value is -0.620. The largest absolute Gasteiger partial charge is 0.297 e. The quantitative estimate of drug-likeness (QED) is 0.868. The Kier molecular flexibility index (Phi) is 3.79. The van der Waals surface area contributed by atoms with E-state index in [0.717, 1.165) is 21.7 Å². The van der Waals surface area contributed by atoms with Crippen LogP contribution in [0.4, 0.5) is 0 Å². The van der Waals surface area contributed by atoms with E-state index in [4.69, 9.17) is 11.6 Å². The van der Waals surface area contributed by atoms with E-state index >= 15 is 0 Å². The summed E-state index contributed by atoms with van der Waals surface area (Å²) in [5.74, 6) is 0.578. The number of fused-ring (bicyclic) bond motifs is 1. The molecule has 2 heterocycles. The number of thiophene rings is 1. The van der Waals surface area contributed by atoms with Crippen molar-refractivity contribution in [3.8, 4) is 0 Å². The minimum Gasteiger partial charge on any atom is -0.297 e. The van der Waals surface area contributed by atoms with Gasteiger partial charge in [0.2, 0.25) is 0 Å². The predicted octanol–water partition coefficient (Wildman–Crippen LogP) is 3.17. The van der Waals surface area contributed by atoms with Crippen molar-refractivity contribution in [2.24, 2.45) is 0 Å². The molecule has 1 aliphatic rings. The van der Waals surface area contributed by atoms with Gasteiger partial charge in [0.25, 0.3) is 0 Å². The first kappa shape index (κ1) is 14.3. The topological polar surface area (TPSA) is 37.4 Å². The van der Waals surface area contributed by atoms with Crippen LogP contribution >= 0.6 is 22.9 Å². The fourth-order valence-electron chi connectivity index (χ4n) is 2.65. The van der Waals surface area contributed by atoms with E-state index in [1.54, 1.807) is 11.3 Å². The first-order chi connectivity index (χ1) is 9.46. The Balaban J connectivity index is 1.81. The highest BCUT2D eigenvalue weighted by Gasteiger charge is 2.31.